The van der Waals surface area contributed by atoms with Crippen LogP contribution in [-0.4, -0.2) is 103 Å². The number of para-hydroxylation sites is 1. The Balaban J connectivity index is 1.65. The number of hydrogen-bond acceptors (Lipinski definition) is 10. The number of likely N-dealkylation sites (tertiary alicyclic amines) is 1. The Hall–Kier alpha value is -2.36. The average molecular weight is 658 g/mol. The number of piperidine rings is 1. The molecule has 3 heterocycles. The molecule has 1 aromatic carbocycles. The molecule has 224 valence electrons. The molecule has 0 spiro atoms. The monoisotopic (exact) mass is 656 g/mol. The smallest absolute Gasteiger partial charge is 0.259 e. The molecule has 14 heteroatoms. The molecule has 2 amide bonds. The fraction of sp³-hybridized carbons (Fsp3) is 0.519. The van der Waals surface area contributed by atoms with E-state index in [2.05, 4.69) is 50.3 Å². The molecule has 2 saturated heterocycles. The molecule has 0 radical (unpaired) electrons. The third-order valence-electron chi connectivity index (χ3n) is 7.30. The highest BCUT2D eigenvalue weighted by Crippen LogP contribution is 2.37. The molecule has 41 heavy (non-hydrogen) atoms. The average Bonchev–Trinajstić information content (AvgIpc) is 2.95. The van der Waals surface area contributed by atoms with E-state index in [0.29, 0.717) is 37.0 Å². The van der Waals surface area contributed by atoms with Crippen molar-refractivity contribution in [3.63, 3.8) is 0 Å². The van der Waals surface area contributed by atoms with E-state index >= 15 is 0 Å². The van der Waals surface area contributed by atoms with E-state index in [9.17, 15) is 30.0 Å². The number of carbonyl (C=O) groups excluding carboxylic acids is 2. The first-order valence-corrected chi connectivity index (χ1v) is 14.4. The second-order valence-electron chi connectivity index (χ2n) is 10.4. The van der Waals surface area contributed by atoms with Gasteiger partial charge in [0.1, 0.15) is 40.3 Å². The number of nitrogens with zero attached hydrogens (tertiary/aromatic N) is 2. The van der Waals surface area contributed by atoms with E-state index in [1.165, 1.54) is 30.5 Å². The first-order valence-electron chi connectivity index (χ1n) is 13.2. The summed E-state index contributed by atoms with van der Waals surface area (Å²) in [4.78, 5) is 33.4. The molecule has 5 atom stereocenters. The Morgan fingerprint density at radius 1 is 1.15 bits per heavy atom. The van der Waals surface area contributed by atoms with Crippen molar-refractivity contribution < 1.29 is 39.5 Å². The minimum Gasteiger partial charge on any atom is -0.460 e. The number of ether oxygens (including phenoxy) is 2. The number of alkyl halides is 1. The maximum Gasteiger partial charge on any atom is 0.259 e. The summed E-state index contributed by atoms with van der Waals surface area (Å²) in [6.45, 7) is 4.91. The third kappa shape index (κ3) is 7.17. The summed E-state index contributed by atoms with van der Waals surface area (Å²) in [6, 6.07) is 7.84. The van der Waals surface area contributed by atoms with E-state index in [1.807, 2.05) is 0 Å². The van der Waals surface area contributed by atoms with Gasteiger partial charge in [-0.2, -0.15) is 0 Å². The van der Waals surface area contributed by atoms with E-state index in [-0.39, 0.29) is 22.8 Å². The molecule has 2 aliphatic heterocycles. The van der Waals surface area contributed by atoms with Gasteiger partial charge in [-0.25, -0.2) is 4.98 Å². The molecular weight excluding hydrogens is 624 g/mol. The zero-order chi connectivity index (χ0) is 29.9. The molecule has 0 aliphatic carbocycles. The highest BCUT2D eigenvalue weighted by atomic mass is 79.9. The summed E-state index contributed by atoms with van der Waals surface area (Å²) in [5, 5.41) is 46.3. The van der Waals surface area contributed by atoms with E-state index < -0.39 is 53.5 Å². The number of anilines is 2. The molecule has 0 bridgehead atoms. The zero-order valence-corrected chi connectivity index (χ0v) is 24.9. The largest absolute Gasteiger partial charge is 0.460 e. The van der Waals surface area contributed by atoms with Gasteiger partial charge in [-0.15, -0.1) is 0 Å². The molecular formula is C27H34BrClN4O8. The van der Waals surface area contributed by atoms with Gasteiger partial charge in [-0.1, -0.05) is 33.6 Å². The van der Waals surface area contributed by atoms with Crippen LogP contribution in [0.5, 0.6) is 5.75 Å². The van der Waals surface area contributed by atoms with E-state index in [0.717, 1.165) is 0 Å². The van der Waals surface area contributed by atoms with Gasteiger partial charge in [0.05, 0.1) is 22.9 Å². The molecule has 0 unspecified atom stereocenters. The summed E-state index contributed by atoms with van der Waals surface area (Å²) in [5.74, 6) is -0.845. The number of aliphatic hydroxyl groups is 4. The number of aromatic nitrogens is 1. The maximum absolute atomic E-state index is 13.7. The lowest BCUT2D eigenvalue weighted by Gasteiger charge is -2.40. The van der Waals surface area contributed by atoms with Crippen LogP contribution in [0.2, 0.25) is 5.02 Å². The van der Waals surface area contributed by atoms with Gasteiger partial charge in [-0.05, 0) is 51.0 Å². The summed E-state index contributed by atoms with van der Waals surface area (Å²) in [6.07, 6.45) is -5.30. The zero-order valence-electron chi connectivity index (χ0n) is 22.5. The van der Waals surface area contributed by atoms with Gasteiger partial charge in [-0.3, -0.25) is 9.59 Å². The number of pyridine rings is 1. The minimum absolute atomic E-state index is 0.00830. The van der Waals surface area contributed by atoms with Crippen molar-refractivity contribution in [2.75, 3.05) is 30.3 Å². The normalized spacial score (nSPS) is 26.4. The Bertz CT molecular complexity index is 1230. The van der Waals surface area contributed by atoms with Crippen LogP contribution in [0.4, 0.5) is 11.5 Å². The summed E-state index contributed by atoms with van der Waals surface area (Å²) in [7, 11) is 0. The van der Waals surface area contributed by atoms with Crippen LogP contribution in [0, 0.1) is 0 Å². The van der Waals surface area contributed by atoms with Crippen LogP contribution in [0.15, 0.2) is 36.5 Å². The van der Waals surface area contributed by atoms with E-state index in [1.54, 1.807) is 6.07 Å². The number of rotatable bonds is 8. The third-order valence-corrected chi connectivity index (χ3v) is 8.67. The predicted octanol–water partition coefficient (Wildman–Crippen LogP) is 1.74. The van der Waals surface area contributed by atoms with Gasteiger partial charge in [0, 0.05) is 25.3 Å². The van der Waals surface area contributed by atoms with Crippen LogP contribution in [0.1, 0.15) is 37.0 Å². The number of halogens is 2. The number of hydrogen-bond donors (Lipinski definition) is 6. The minimum atomic E-state index is -1.70. The molecule has 2 aliphatic rings. The maximum atomic E-state index is 13.7. The van der Waals surface area contributed by atoms with Crippen LogP contribution < -0.4 is 15.4 Å². The molecule has 6 N–H and O–H groups in total. The van der Waals surface area contributed by atoms with Gasteiger partial charge in [0.2, 0.25) is 12.2 Å². The van der Waals surface area contributed by atoms with Crippen LogP contribution in [0.25, 0.3) is 0 Å². The second kappa shape index (κ2) is 13.3. The highest BCUT2D eigenvalue weighted by molar-refractivity contribution is 9.10. The number of aliphatic hydroxyl groups excluding tert-OH is 4. The quantitative estimate of drug-likeness (QED) is 0.230. The summed E-state index contributed by atoms with van der Waals surface area (Å²) < 4.78 is 10.4. The molecule has 4 rings (SSSR count). The van der Waals surface area contributed by atoms with Crippen molar-refractivity contribution in [3.05, 3.63) is 47.1 Å². The van der Waals surface area contributed by atoms with Gasteiger partial charge >= 0.3 is 0 Å². The van der Waals surface area contributed by atoms with Crippen molar-refractivity contribution in [2.45, 2.75) is 67.8 Å². The Labute approximate surface area is 250 Å². The van der Waals surface area contributed by atoms with Crippen molar-refractivity contribution in [1.29, 1.82) is 0 Å². The fourth-order valence-electron chi connectivity index (χ4n) is 4.72. The van der Waals surface area contributed by atoms with Gasteiger partial charge in [0.25, 0.3) is 5.91 Å². The summed E-state index contributed by atoms with van der Waals surface area (Å²) >= 11 is 9.52. The van der Waals surface area contributed by atoms with Crippen molar-refractivity contribution >= 4 is 50.9 Å². The second-order valence-corrected chi connectivity index (χ2v) is 12.3. The molecule has 12 nitrogen and oxygen atoms in total. The summed E-state index contributed by atoms with van der Waals surface area (Å²) in [5.41, 5.74) is 0.0129. The first-order chi connectivity index (χ1) is 19.4. The lowest BCUT2D eigenvalue weighted by molar-refractivity contribution is -0.277. The number of amides is 2. The van der Waals surface area contributed by atoms with Crippen molar-refractivity contribution in [2.24, 2.45) is 0 Å². The van der Waals surface area contributed by atoms with Crippen molar-refractivity contribution in [3.8, 4) is 5.75 Å². The predicted molar refractivity (Wildman–Crippen MR) is 154 cm³/mol. The topological polar surface area (TPSA) is 174 Å². The van der Waals surface area contributed by atoms with Gasteiger partial charge in [0.15, 0.2) is 0 Å². The standard InChI is InChI=1S/C27H34BrClN4O8/c1-14(2)33-10-8-27(28,9-11-33)26(39)32-20-16(24(38)31-19-7-6-15(29)12-30-19)4-3-5-17(20)40-25-23(37)22(36)21(35)18(13-34)41-25/h3-7,12,14,18,21-23,25,34-37H,8-11,13H2,1-2H3,(H,32,39)(H,30,31,38)/t18-,21+,22+,23-,25-/m1/s1. The molecule has 2 fully saturated rings. The number of nitrogens with one attached hydrogen (secondary N) is 2. The highest BCUT2D eigenvalue weighted by Gasteiger charge is 2.45. The lowest BCUT2D eigenvalue weighted by Crippen LogP contribution is -2.60. The van der Waals surface area contributed by atoms with Crippen LogP contribution >= 0.6 is 27.5 Å². The first kappa shape index (κ1) is 31.6. The van der Waals surface area contributed by atoms with Gasteiger partial charge < -0.3 is 45.4 Å². The molecule has 0 saturated carbocycles. The Morgan fingerprint density at radius 2 is 1.85 bits per heavy atom. The number of benzene rings is 1. The van der Waals surface area contributed by atoms with E-state index in [4.69, 9.17) is 21.1 Å². The number of carbonyl (C=O) groups is 2. The fourth-order valence-corrected chi connectivity index (χ4v) is 5.28. The molecule has 1 aromatic heterocycles. The van der Waals surface area contributed by atoms with Crippen LogP contribution in [0.3, 0.4) is 0 Å². The van der Waals surface area contributed by atoms with Crippen LogP contribution in [-0.2, 0) is 9.53 Å². The SMILES string of the molecule is CC(C)N1CCC(Br)(C(=O)Nc2c(O[C@@H]3O[C@H](CO)[C@H](O)[C@H](O)[C@H]3O)cccc2C(=O)Nc2ccc(Cl)cn2)CC1. The Morgan fingerprint density at radius 3 is 2.46 bits per heavy atom. The van der Waals surface area contributed by atoms with Crippen molar-refractivity contribution in [1.82, 2.24) is 9.88 Å². The molecule has 2 aromatic rings. The Kier molecular flexibility index (Phi) is 10.2. The lowest BCUT2D eigenvalue weighted by atomic mass is 9.94.